The maximum Gasteiger partial charge on any atom is 0.263 e. The van der Waals surface area contributed by atoms with Crippen LogP contribution < -0.4 is 10.6 Å². The van der Waals surface area contributed by atoms with E-state index in [4.69, 9.17) is 4.98 Å². The van der Waals surface area contributed by atoms with Gasteiger partial charge in [0.1, 0.15) is 0 Å². The second kappa shape index (κ2) is 8.45. The van der Waals surface area contributed by atoms with Crippen LogP contribution in [0.1, 0.15) is 27.3 Å². The highest BCUT2D eigenvalue weighted by molar-refractivity contribution is 7.18. The third kappa shape index (κ3) is 4.03. The lowest BCUT2D eigenvalue weighted by molar-refractivity contribution is 0.0831. The summed E-state index contributed by atoms with van der Waals surface area (Å²) in [5.41, 5.74) is 5.62. The molecule has 0 spiro atoms. The van der Waals surface area contributed by atoms with Crippen molar-refractivity contribution in [2.75, 3.05) is 32.5 Å². The summed E-state index contributed by atoms with van der Waals surface area (Å²) in [6, 6.07) is 1.98. The lowest BCUT2D eigenvalue weighted by Gasteiger charge is -2.16. The third-order valence-corrected chi connectivity index (χ3v) is 6.75. The quantitative estimate of drug-likeness (QED) is 0.473. The highest BCUT2D eigenvalue weighted by Crippen LogP contribution is 2.33. The average molecular weight is 463 g/mol. The first kappa shape index (κ1) is 21.4. The van der Waals surface area contributed by atoms with E-state index in [2.05, 4.69) is 31.2 Å². The van der Waals surface area contributed by atoms with Gasteiger partial charge < -0.3 is 15.5 Å². The van der Waals surface area contributed by atoms with Crippen molar-refractivity contribution in [2.24, 2.45) is 7.05 Å². The zero-order valence-electron chi connectivity index (χ0n) is 19.1. The number of anilines is 2. The number of thiophene rings is 1. The van der Waals surface area contributed by atoms with Crippen molar-refractivity contribution in [3.63, 3.8) is 0 Å². The molecule has 4 aromatic heterocycles. The van der Waals surface area contributed by atoms with Gasteiger partial charge in [0.2, 0.25) is 0 Å². The van der Waals surface area contributed by atoms with Crippen LogP contribution in [-0.4, -0.2) is 62.1 Å². The Morgan fingerprint density at radius 2 is 2.12 bits per heavy atom. The number of amides is 1. The molecule has 1 aliphatic rings. The van der Waals surface area contributed by atoms with E-state index in [-0.39, 0.29) is 5.91 Å². The van der Waals surface area contributed by atoms with Crippen molar-refractivity contribution in [3.8, 4) is 11.3 Å². The van der Waals surface area contributed by atoms with Crippen LogP contribution in [0.3, 0.4) is 0 Å². The molecule has 5 rings (SSSR count). The van der Waals surface area contributed by atoms with Crippen molar-refractivity contribution < 1.29 is 4.79 Å². The zero-order valence-corrected chi connectivity index (χ0v) is 19.9. The predicted octanol–water partition coefficient (Wildman–Crippen LogP) is 3.32. The van der Waals surface area contributed by atoms with Gasteiger partial charge in [-0.15, -0.1) is 11.3 Å². The molecule has 0 saturated heterocycles. The Kier molecular flexibility index (Phi) is 5.47. The Morgan fingerprint density at radius 3 is 2.82 bits per heavy atom. The molecule has 9 nitrogen and oxygen atoms in total. The Morgan fingerprint density at radius 1 is 1.27 bits per heavy atom. The molecule has 0 saturated carbocycles. The molecule has 170 valence electrons. The van der Waals surface area contributed by atoms with Crippen LogP contribution in [-0.2, 0) is 7.05 Å². The van der Waals surface area contributed by atoms with Crippen LogP contribution >= 0.6 is 11.3 Å². The van der Waals surface area contributed by atoms with Crippen LogP contribution in [0.15, 0.2) is 36.9 Å². The first-order valence-electron chi connectivity index (χ1n) is 10.8. The van der Waals surface area contributed by atoms with E-state index in [0.717, 1.165) is 52.6 Å². The first-order chi connectivity index (χ1) is 15.9. The van der Waals surface area contributed by atoms with Gasteiger partial charge in [0.15, 0.2) is 11.5 Å². The predicted molar refractivity (Wildman–Crippen MR) is 131 cm³/mol. The highest BCUT2D eigenvalue weighted by atomic mass is 32.1. The monoisotopic (exact) mass is 462 g/mol. The van der Waals surface area contributed by atoms with Gasteiger partial charge in [-0.2, -0.15) is 5.10 Å². The number of nitrogens with one attached hydrogen (secondary N) is 2. The zero-order chi connectivity index (χ0) is 23.1. The number of aryl methyl sites for hydroxylation is 2. The summed E-state index contributed by atoms with van der Waals surface area (Å²) < 4.78 is 3.84. The Bertz CT molecular complexity index is 1380. The number of fused-ring (bicyclic) bond motifs is 1. The Hall–Kier alpha value is -3.50. The summed E-state index contributed by atoms with van der Waals surface area (Å²) in [5.74, 6) is 0.648. The summed E-state index contributed by atoms with van der Waals surface area (Å²) in [5, 5.41) is 12.0. The Labute approximate surface area is 195 Å². The molecule has 4 aromatic rings. The summed E-state index contributed by atoms with van der Waals surface area (Å²) in [6.45, 7) is 3.70. The van der Waals surface area contributed by atoms with Crippen molar-refractivity contribution in [1.29, 1.82) is 0 Å². The molecule has 0 bridgehead atoms. The fourth-order valence-electron chi connectivity index (χ4n) is 3.91. The molecule has 33 heavy (non-hydrogen) atoms. The standard InChI is InChI=1S/C23H26N8OS/c1-14-8-19(33-20(14)23(32)29(2)3)28-21-22-25-11-18(16-10-26-30(4)12-16)31(22)13-17(27-21)15-6-5-7-24-9-15/h6,8,10-13,24H,5,7,9H2,1-4H3,(H,27,28). The number of rotatable bonds is 5. The van der Waals surface area contributed by atoms with Gasteiger partial charge >= 0.3 is 0 Å². The van der Waals surface area contributed by atoms with E-state index in [1.54, 1.807) is 23.7 Å². The second-order valence-electron chi connectivity index (χ2n) is 8.36. The number of aromatic nitrogens is 5. The maximum absolute atomic E-state index is 12.5. The van der Waals surface area contributed by atoms with Crippen LogP contribution in [0, 0.1) is 6.92 Å². The largest absolute Gasteiger partial charge is 0.344 e. The lowest BCUT2D eigenvalue weighted by Crippen LogP contribution is -2.22. The summed E-state index contributed by atoms with van der Waals surface area (Å²) in [4.78, 5) is 24.4. The fourth-order valence-corrected chi connectivity index (χ4v) is 5.00. The van der Waals surface area contributed by atoms with Gasteiger partial charge in [-0.05, 0) is 37.1 Å². The Balaban J connectivity index is 1.62. The van der Waals surface area contributed by atoms with Crippen LogP contribution in [0.2, 0.25) is 0 Å². The number of hydrogen-bond donors (Lipinski definition) is 2. The fraction of sp³-hybridized carbons (Fsp3) is 0.304. The summed E-state index contributed by atoms with van der Waals surface area (Å²) >= 11 is 1.43. The molecule has 1 amide bonds. The molecule has 0 fully saturated rings. The minimum absolute atomic E-state index is 0.00415. The normalized spacial score (nSPS) is 13.9. The van der Waals surface area contributed by atoms with E-state index in [1.165, 1.54) is 11.3 Å². The average Bonchev–Trinajstić information content (AvgIpc) is 3.52. The molecule has 0 radical (unpaired) electrons. The van der Waals surface area contributed by atoms with Gasteiger partial charge in [0.05, 0.1) is 33.7 Å². The SMILES string of the molecule is Cc1cc(Nc2nc(C3=CCCNC3)cn3c(-c4cnn(C)c4)cnc23)sc1C(=O)N(C)C. The van der Waals surface area contributed by atoms with E-state index in [9.17, 15) is 4.79 Å². The minimum Gasteiger partial charge on any atom is -0.344 e. The molecule has 0 aromatic carbocycles. The molecule has 1 aliphatic heterocycles. The number of carbonyl (C=O) groups excluding carboxylic acids is 1. The third-order valence-electron chi connectivity index (χ3n) is 5.61. The maximum atomic E-state index is 12.5. The van der Waals surface area contributed by atoms with Crippen LogP contribution in [0.25, 0.3) is 22.5 Å². The van der Waals surface area contributed by atoms with Gasteiger partial charge in [-0.1, -0.05) is 6.08 Å². The van der Waals surface area contributed by atoms with Gasteiger partial charge in [-0.3, -0.25) is 13.9 Å². The smallest absolute Gasteiger partial charge is 0.263 e. The van der Waals surface area contributed by atoms with E-state index < -0.39 is 0 Å². The number of hydrogen-bond acceptors (Lipinski definition) is 7. The van der Waals surface area contributed by atoms with Crippen molar-refractivity contribution in [3.05, 3.63) is 53.1 Å². The molecule has 0 atom stereocenters. The summed E-state index contributed by atoms with van der Waals surface area (Å²) in [6.07, 6.45) is 10.9. The molecule has 0 unspecified atom stereocenters. The molecular formula is C23H26N8OS. The topological polar surface area (TPSA) is 92.4 Å². The highest BCUT2D eigenvalue weighted by Gasteiger charge is 2.19. The lowest BCUT2D eigenvalue weighted by atomic mass is 10.1. The summed E-state index contributed by atoms with van der Waals surface area (Å²) in [7, 11) is 5.43. The molecular weight excluding hydrogens is 436 g/mol. The van der Waals surface area contributed by atoms with E-state index in [1.807, 2.05) is 44.8 Å². The van der Waals surface area contributed by atoms with E-state index in [0.29, 0.717) is 16.3 Å². The molecule has 5 heterocycles. The van der Waals surface area contributed by atoms with Crippen molar-refractivity contribution in [2.45, 2.75) is 13.3 Å². The number of carbonyl (C=O) groups is 1. The van der Waals surface area contributed by atoms with Gasteiger partial charge in [0.25, 0.3) is 5.91 Å². The van der Waals surface area contributed by atoms with Crippen molar-refractivity contribution in [1.82, 2.24) is 34.4 Å². The molecule has 2 N–H and O–H groups in total. The second-order valence-corrected chi connectivity index (χ2v) is 9.41. The van der Waals surface area contributed by atoms with Gasteiger partial charge in [0, 0.05) is 45.6 Å². The van der Waals surface area contributed by atoms with E-state index >= 15 is 0 Å². The number of imidazole rings is 1. The molecule has 10 heteroatoms. The molecule has 0 aliphatic carbocycles. The van der Waals surface area contributed by atoms with Gasteiger partial charge in [-0.25, -0.2) is 9.97 Å². The number of nitrogens with zero attached hydrogens (tertiary/aromatic N) is 6. The van der Waals surface area contributed by atoms with Crippen molar-refractivity contribution >= 4 is 39.3 Å². The first-order valence-corrected chi connectivity index (χ1v) is 11.6. The van der Waals surface area contributed by atoms with Crippen LogP contribution in [0.5, 0.6) is 0 Å². The van der Waals surface area contributed by atoms with Crippen LogP contribution in [0.4, 0.5) is 10.8 Å². The minimum atomic E-state index is -0.00415.